The van der Waals surface area contributed by atoms with Crippen LogP contribution in [0.2, 0.25) is 0 Å². The minimum atomic E-state index is -3.56. The molecule has 0 bridgehead atoms. The van der Waals surface area contributed by atoms with Crippen molar-refractivity contribution in [1.29, 1.82) is 0 Å². The van der Waals surface area contributed by atoms with Gasteiger partial charge in [-0.15, -0.1) is 11.3 Å². The fourth-order valence-electron chi connectivity index (χ4n) is 1.43. The van der Waals surface area contributed by atoms with Gasteiger partial charge in [-0.05, 0) is 34.1 Å². The minimum Gasteiger partial charge on any atom is -0.326 e. The average Bonchev–Trinajstić information content (AvgIpc) is 2.80. The quantitative estimate of drug-likeness (QED) is 0.850. The number of sulfonamides is 1. The fraction of sp³-hybridized carbons (Fsp3) is 0.182. The van der Waals surface area contributed by atoms with Crippen LogP contribution >= 0.6 is 27.3 Å². The van der Waals surface area contributed by atoms with Crippen LogP contribution in [0, 0.1) is 0 Å². The van der Waals surface area contributed by atoms with Gasteiger partial charge in [0.05, 0.1) is 16.0 Å². The van der Waals surface area contributed by atoms with Crippen LogP contribution in [-0.2, 0) is 23.1 Å². The maximum atomic E-state index is 12.2. The molecule has 19 heavy (non-hydrogen) atoms. The lowest BCUT2D eigenvalue weighted by molar-refractivity contribution is 0.580. The van der Waals surface area contributed by atoms with Crippen molar-refractivity contribution in [2.24, 2.45) is 5.73 Å². The summed E-state index contributed by atoms with van der Waals surface area (Å²) in [6.07, 6.45) is 1.62. The highest BCUT2D eigenvalue weighted by Crippen LogP contribution is 2.31. The summed E-state index contributed by atoms with van der Waals surface area (Å²) in [7, 11) is -3.56. The molecule has 0 radical (unpaired) electrons. The molecule has 8 heteroatoms. The van der Waals surface area contributed by atoms with E-state index >= 15 is 0 Å². The predicted octanol–water partition coefficient (Wildman–Crippen LogP) is 1.84. The lowest BCUT2D eigenvalue weighted by atomic mass is 10.4. The lowest BCUT2D eigenvalue weighted by Gasteiger charge is -2.05. The van der Waals surface area contributed by atoms with Crippen LogP contribution in [-0.4, -0.2) is 13.4 Å². The van der Waals surface area contributed by atoms with E-state index in [9.17, 15) is 8.42 Å². The van der Waals surface area contributed by atoms with Crippen LogP contribution in [0.4, 0.5) is 0 Å². The van der Waals surface area contributed by atoms with Crippen molar-refractivity contribution < 1.29 is 8.42 Å². The first kappa shape index (κ1) is 14.6. The van der Waals surface area contributed by atoms with Crippen molar-refractivity contribution in [3.8, 4) is 0 Å². The van der Waals surface area contributed by atoms with Crippen molar-refractivity contribution in [3.63, 3.8) is 0 Å². The Kier molecular flexibility index (Phi) is 4.69. The van der Waals surface area contributed by atoms with Crippen molar-refractivity contribution in [2.75, 3.05) is 0 Å². The van der Waals surface area contributed by atoms with E-state index in [0.29, 0.717) is 16.0 Å². The highest BCUT2D eigenvalue weighted by molar-refractivity contribution is 9.11. The number of pyridine rings is 1. The zero-order valence-corrected chi connectivity index (χ0v) is 13.1. The summed E-state index contributed by atoms with van der Waals surface area (Å²) in [6, 6.07) is 6.93. The van der Waals surface area contributed by atoms with Crippen LogP contribution < -0.4 is 10.5 Å². The number of thiophene rings is 1. The third kappa shape index (κ3) is 3.61. The van der Waals surface area contributed by atoms with Gasteiger partial charge >= 0.3 is 0 Å². The van der Waals surface area contributed by atoms with Gasteiger partial charge in [-0.25, -0.2) is 13.1 Å². The molecule has 2 aromatic heterocycles. The summed E-state index contributed by atoms with van der Waals surface area (Å²) < 4.78 is 27.4. The van der Waals surface area contributed by atoms with Crippen molar-refractivity contribution >= 4 is 37.3 Å². The third-order valence-corrected chi connectivity index (χ3v) is 6.04. The highest BCUT2D eigenvalue weighted by Gasteiger charge is 2.20. The summed E-state index contributed by atoms with van der Waals surface area (Å²) >= 11 is 4.57. The number of hydrogen-bond donors (Lipinski definition) is 2. The Labute approximate surface area is 124 Å². The summed E-state index contributed by atoms with van der Waals surface area (Å²) in [5, 5.41) is 0. The summed E-state index contributed by atoms with van der Waals surface area (Å²) in [5.41, 5.74) is 6.17. The third-order valence-electron chi connectivity index (χ3n) is 2.37. The number of halogens is 1. The molecule has 0 unspecified atom stereocenters. The fourth-order valence-corrected chi connectivity index (χ4v) is 4.99. The molecule has 2 rings (SSSR count). The van der Waals surface area contributed by atoms with E-state index in [1.165, 1.54) is 11.3 Å². The van der Waals surface area contributed by atoms with Crippen molar-refractivity contribution in [3.05, 3.63) is 44.8 Å². The molecule has 0 amide bonds. The smallest absolute Gasteiger partial charge is 0.242 e. The van der Waals surface area contributed by atoms with E-state index in [4.69, 9.17) is 5.73 Å². The number of nitrogens with zero attached hydrogens (tertiary/aromatic N) is 1. The van der Waals surface area contributed by atoms with E-state index < -0.39 is 10.0 Å². The largest absolute Gasteiger partial charge is 0.326 e. The zero-order valence-electron chi connectivity index (χ0n) is 9.84. The minimum absolute atomic E-state index is 0.156. The van der Waals surface area contributed by atoms with E-state index in [1.807, 2.05) is 6.07 Å². The topological polar surface area (TPSA) is 85.1 Å². The Bertz CT molecular complexity index is 656. The van der Waals surface area contributed by atoms with E-state index in [0.717, 1.165) is 4.88 Å². The number of nitrogens with two attached hydrogens (primary N) is 1. The number of hydrogen-bond acceptors (Lipinski definition) is 5. The molecule has 0 aromatic carbocycles. The molecule has 0 saturated carbocycles. The first-order chi connectivity index (χ1) is 9.03. The monoisotopic (exact) mass is 361 g/mol. The van der Waals surface area contributed by atoms with Gasteiger partial charge in [0.2, 0.25) is 10.0 Å². The molecule has 5 nitrogen and oxygen atoms in total. The Morgan fingerprint density at radius 2 is 2.21 bits per heavy atom. The van der Waals surface area contributed by atoms with E-state index in [1.54, 1.807) is 24.4 Å². The molecule has 0 atom stereocenters. The van der Waals surface area contributed by atoms with E-state index in [-0.39, 0.29) is 11.4 Å². The van der Waals surface area contributed by atoms with Crippen LogP contribution in [0.5, 0.6) is 0 Å². The van der Waals surface area contributed by atoms with Crippen LogP contribution in [0.3, 0.4) is 0 Å². The first-order valence-electron chi connectivity index (χ1n) is 5.41. The molecule has 102 valence electrons. The summed E-state index contributed by atoms with van der Waals surface area (Å²) in [4.78, 5) is 5.09. The van der Waals surface area contributed by atoms with Crippen molar-refractivity contribution in [2.45, 2.75) is 18.0 Å². The molecule has 3 N–H and O–H groups in total. The summed E-state index contributed by atoms with van der Waals surface area (Å²) in [6.45, 7) is 0.475. The SMILES string of the molecule is NCc1cc(S(=O)(=O)NCc2ccccn2)c(Br)s1. The molecule has 0 fully saturated rings. The highest BCUT2D eigenvalue weighted by atomic mass is 79.9. The Hall–Kier alpha value is -0.800. The molecule has 0 aliphatic heterocycles. The van der Waals surface area contributed by atoms with Gasteiger partial charge in [-0.2, -0.15) is 0 Å². The van der Waals surface area contributed by atoms with E-state index in [2.05, 4.69) is 25.6 Å². The van der Waals surface area contributed by atoms with Gasteiger partial charge in [0.1, 0.15) is 4.90 Å². The molecule has 2 heterocycles. The van der Waals surface area contributed by atoms with Crippen LogP contribution in [0.15, 0.2) is 39.1 Å². The molecule has 0 spiro atoms. The Morgan fingerprint density at radius 1 is 1.42 bits per heavy atom. The Balaban J connectivity index is 2.16. The van der Waals surface area contributed by atoms with Gasteiger partial charge in [0.15, 0.2) is 0 Å². The lowest BCUT2D eigenvalue weighted by Crippen LogP contribution is -2.23. The number of nitrogens with one attached hydrogen (secondary N) is 1. The molecule has 2 aromatic rings. The van der Waals surface area contributed by atoms with Gasteiger partial charge in [-0.1, -0.05) is 6.07 Å². The molecule has 0 saturated heterocycles. The maximum Gasteiger partial charge on any atom is 0.242 e. The maximum absolute atomic E-state index is 12.2. The van der Waals surface area contributed by atoms with Gasteiger partial charge in [0, 0.05) is 17.6 Å². The zero-order chi connectivity index (χ0) is 13.9. The van der Waals surface area contributed by atoms with Gasteiger partial charge in [0.25, 0.3) is 0 Å². The predicted molar refractivity (Wildman–Crippen MR) is 78.2 cm³/mol. The molecule has 0 aliphatic rings. The Morgan fingerprint density at radius 3 is 2.79 bits per heavy atom. The molecular formula is C11H12BrN3O2S2. The number of rotatable bonds is 5. The van der Waals surface area contributed by atoms with Crippen LogP contribution in [0.25, 0.3) is 0 Å². The average molecular weight is 362 g/mol. The molecule has 0 aliphatic carbocycles. The number of aromatic nitrogens is 1. The second-order valence-electron chi connectivity index (χ2n) is 3.70. The molecular weight excluding hydrogens is 350 g/mol. The second kappa shape index (κ2) is 6.10. The van der Waals surface area contributed by atoms with Crippen LogP contribution in [0.1, 0.15) is 10.6 Å². The van der Waals surface area contributed by atoms with Crippen molar-refractivity contribution in [1.82, 2.24) is 9.71 Å². The van der Waals surface area contributed by atoms with Gasteiger partial charge in [-0.3, -0.25) is 4.98 Å². The summed E-state index contributed by atoms with van der Waals surface area (Å²) in [5.74, 6) is 0. The standard InChI is InChI=1S/C11H12BrN3O2S2/c12-11-10(5-9(6-13)18-11)19(16,17)15-7-8-3-1-2-4-14-8/h1-5,15H,6-7,13H2. The normalized spacial score (nSPS) is 11.7. The first-order valence-corrected chi connectivity index (χ1v) is 8.50. The second-order valence-corrected chi connectivity index (χ2v) is 7.89. The van der Waals surface area contributed by atoms with Gasteiger partial charge < -0.3 is 5.73 Å².